The Morgan fingerprint density at radius 3 is 2.55 bits per heavy atom. The molecule has 5 heteroatoms. The van der Waals surface area contributed by atoms with Gasteiger partial charge in [0.25, 0.3) is 0 Å². The zero-order valence-corrected chi connectivity index (χ0v) is 13.6. The van der Waals surface area contributed by atoms with E-state index in [0.29, 0.717) is 10.0 Å². The van der Waals surface area contributed by atoms with E-state index < -0.39 is 5.97 Å². The van der Waals surface area contributed by atoms with Crippen LogP contribution in [-0.2, 0) is 0 Å². The average molecular weight is 341 g/mol. The number of nitrogens with zero attached hydrogens (tertiary/aromatic N) is 2. The maximum Gasteiger partial charge on any atom is 0.336 e. The Bertz CT molecular complexity index is 483. The number of halogens is 1. The first-order valence-corrected chi connectivity index (χ1v) is 7.69. The summed E-state index contributed by atoms with van der Waals surface area (Å²) < 4.78 is 0.651. The molecule has 0 spiro atoms. The zero-order chi connectivity index (χ0) is 14.7. The first-order valence-electron chi connectivity index (χ1n) is 6.90. The number of anilines is 1. The number of rotatable bonds is 4. The number of hydrogen-bond acceptors (Lipinski definition) is 3. The lowest BCUT2D eigenvalue weighted by atomic mass is 9.96. The van der Waals surface area contributed by atoms with E-state index in [1.54, 1.807) is 6.07 Å². The van der Waals surface area contributed by atoms with E-state index in [9.17, 15) is 4.79 Å². The molecule has 0 radical (unpaired) electrons. The molecule has 0 saturated carbocycles. The molecule has 4 nitrogen and oxygen atoms in total. The quantitative estimate of drug-likeness (QED) is 0.915. The van der Waals surface area contributed by atoms with Gasteiger partial charge < -0.3 is 14.9 Å². The molecule has 1 heterocycles. The molecule has 110 valence electrons. The summed E-state index contributed by atoms with van der Waals surface area (Å²) >= 11 is 3.34. The third kappa shape index (κ3) is 3.73. The highest BCUT2D eigenvalue weighted by atomic mass is 79.9. The Morgan fingerprint density at radius 1 is 1.40 bits per heavy atom. The summed E-state index contributed by atoms with van der Waals surface area (Å²) in [5, 5.41) is 9.04. The molecule has 2 rings (SSSR count). The summed E-state index contributed by atoms with van der Waals surface area (Å²) in [6.07, 6.45) is 2.38. The van der Waals surface area contributed by atoms with Crippen LogP contribution in [0, 0.1) is 5.92 Å². The smallest absolute Gasteiger partial charge is 0.336 e. The number of hydrogen-bond donors (Lipinski definition) is 1. The zero-order valence-electron chi connectivity index (χ0n) is 12.0. The van der Waals surface area contributed by atoms with Crippen LogP contribution in [0.2, 0.25) is 0 Å². The lowest BCUT2D eigenvalue weighted by Gasteiger charge is -2.34. The lowest BCUT2D eigenvalue weighted by molar-refractivity contribution is 0.0696. The van der Waals surface area contributed by atoms with Gasteiger partial charge in [-0.3, -0.25) is 0 Å². The largest absolute Gasteiger partial charge is 0.478 e. The van der Waals surface area contributed by atoms with E-state index >= 15 is 0 Å². The van der Waals surface area contributed by atoms with E-state index in [2.05, 4.69) is 39.8 Å². The van der Waals surface area contributed by atoms with Crippen LogP contribution in [0.4, 0.5) is 5.69 Å². The first kappa shape index (κ1) is 15.3. The molecule has 0 amide bonds. The van der Waals surface area contributed by atoms with Crippen molar-refractivity contribution in [3.05, 3.63) is 28.2 Å². The van der Waals surface area contributed by atoms with Gasteiger partial charge in [0.1, 0.15) is 0 Å². The van der Waals surface area contributed by atoms with Gasteiger partial charge in [0.2, 0.25) is 0 Å². The Morgan fingerprint density at radius 2 is 2.05 bits per heavy atom. The van der Waals surface area contributed by atoms with Crippen molar-refractivity contribution in [2.45, 2.75) is 12.8 Å². The predicted octanol–water partition coefficient (Wildman–Crippen LogP) is 2.93. The van der Waals surface area contributed by atoms with E-state index in [0.717, 1.165) is 31.2 Å². The van der Waals surface area contributed by atoms with Crippen LogP contribution >= 0.6 is 15.9 Å². The molecule has 1 aromatic carbocycles. The standard InChI is InChI=1S/C15H21BrN2O2/c1-17(2)10-11-5-7-18(8-6-11)12-3-4-13(15(19)20)14(16)9-12/h3-4,9,11H,5-8,10H2,1-2H3,(H,19,20). The fourth-order valence-electron chi connectivity index (χ4n) is 2.76. The second-order valence-electron chi connectivity index (χ2n) is 5.66. The maximum atomic E-state index is 11.0. The molecule has 0 atom stereocenters. The Hall–Kier alpha value is -1.07. The van der Waals surface area contributed by atoms with Crippen LogP contribution in [-0.4, -0.2) is 49.7 Å². The predicted molar refractivity (Wildman–Crippen MR) is 84.6 cm³/mol. The van der Waals surface area contributed by atoms with E-state index in [1.165, 1.54) is 12.8 Å². The molecule has 0 aromatic heterocycles. The Labute approximate surface area is 128 Å². The van der Waals surface area contributed by atoms with Crippen LogP contribution in [0.5, 0.6) is 0 Å². The van der Waals surface area contributed by atoms with Gasteiger partial charge in [0.05, 0.1) is 5.56 Å². The summed E-state index contributed by atoms with van der Waals surface area (Å²) in [7, 11) is 4.24. The molecule has 1 fully saturated rings. The van der Waals surface area contributed by atoms with E-state index in [4.69, 9.17) is 5.11 Å². The molecular weight excluding hydrogens is 320 g/mol. The molecule has 0 unspecified atom stereocenters. The van der Waals surface area contributed by atoms with Crippen molar-refractivity contribution in [3.63, 3.8) is 0 Å². The van der Waals surface area contributed by atoms with Gasteiger partial charge in [-0.25, -0.2) is 4.79 Å². The number of piperidine rings is 1. The third-order valence-corrected chi connectivity index (χ3v) is 4.44. The van der Waals surface area contributed by atoms with Crippen LogP contribution in [0.3, 0.4) is 0 Å². The minimum Gasteiger partial charge on any atom is -0.478 e. The normalized spacial score (nSPS) is 16.7. The van der Waals surface area contributed by atoms with Crippen molar-refractivity contribution >= 4 is 27.6 Å². The molecule has 1 N–H and O–H groups in total. The van der Waals surface area contributed by atoms with Crippen LogP contribution in [0.15, 0.2) is 22.7 Å². The van der Waals surface area contributed by atoms with Gasteiger partial charge in [-0.2, -0.15) is 0 Å². The highest BCUT2D eigenvalue weighted by molar-refractivity contribution is 9.10. The van der Waals surface area contributed by atoms with Gasteiger partial charge in [0, 0.05) is 29.8 Å². The molecule has 0 aliphatic carbocycles. The van der Waals surface area contributed by atoms with E-state index in [1.807, 2.05) is 12.1 Å². The summed E-state index contributed by atoms with van der Waals surface area (Å²) in [6.45, 7) is 3.23. The van der Waals surface area contributed by atoms with Crippen LogP contribution < -0.4 is 4.90 Å². The van der Waals surface area contributed by atoms with Gasteiger partial charge in [-0.1, -0.05) is 0 Å². The fraction of sp³-hybridized carbons (Fsp3) is 0.533. The Balaban J connectivity index is 2.00. The van der Waals surface area contributed by atoms with E-state index in [-0.39, 0.29) is 0 Å². The molecule has 0 bridgehead atoms. The van der Waals surface area contributed by atoms with Gasteiger partial charge >= 0.3 is 5.97 Å². The second kappa shape index (κ2) is 6.59. The molecule has 1 aromatic rings. The van der Waals surface area contributed by atoms with Crippen molar-refractivity contribution < 1.29 is 9.90 Å². The molecule has 20 heavy (non-hydrogen) atoms. The second-order valence-corrected chi connectivity index (χ2v) is 6.52. The van der Waals surface area contributed by atoms with Crippen LogP contribution in [0.1, 0.15) is 23.2 Å². The highest BCUT2D eigenvalue weighted by Crippen LogP contribution is 2.28. The highest BCUT2D eigenvalue weighted by Gasteiger charge is 2.20. The minimum atomic E-state index is -0.895. The monoisotopic (exact) mass is 340 g/mol. The topological polar surface area (TPSA) is 43.8 Å². The summed E-state index contributed by atoms with van der Waals surface area (Å²) in [6, 6.07) is 5.49. The number of carbonyl (C=O) groups is 1. The number of aromatic carboxylic acids is 1. The Kier molecular flexibility index (Phi) is 5.05. The van der Waals surface area contributed by atoms with Gasteiger partial charge in [-0.15, -0.1) is 0 Å². The summed E-state index contributed by atoms with van der Waals surface area (Å²) in [4.78, 5) is 15.6. The van der Waals surface area contributed by atoms with Gasteiger partial charge in [0.15, 0.2) is 0 Å². The van der Waals surface area contributed by atoms with Crippen molar-refractivity contribution in [2.75, 3.05) is 38.6 Å². The minimum absolute atomic E-state index is 0.316. The number of carboxylic acid groups (broad SMARTS) is 1. The summed E-state index contributed by atoms with van der Waals surface area (Å²) in [5.74, 6) is -0.129. The molecule has 1 saturated heterocycles. The first-order chi connectivity index (χ1) is 9.47. The lowest BCUT2D eigenvalue weighted by Crippen LogP contribution is -2.37. The fourth-order valence-corrected chi connectivity index (χ4v) is 3.30. The number of benzene rings is 1. The number of carboxylic acids is 1. The SMILES string of the molecule is CN(C)CC1CCN(c2ccc(C(=O)O)c(Br)c2)CC1. The van der Waals surface area contributed by atoms with Crippen molar-refractivity contribution in [1.29, 1.82) is 0 Å². The van der Waals surface area contributed by atoms with Gasteiger partial charge in [-0.05, 0) is 67.0 Å². The average Bonchev–Trinajstić information content (AvgIpc) is 2.38. The molecule has 1 aliphatic heterocycles. The van der Waals surface area contributed by atoms with Crippen molar-refractivity contribution in [1.82, 2.24) is 4.90 Å². The van der Waals surface area contributed by atoms with Crippen LogP contribution in [0.25, 0.3) is 0 Å². The summed E-state index contributed by atoms with van der Waals surface area (Å²) in [5.41, 5.74) is 1.42. The third-order valence-electron chi connectivity index (χ3n) is 3.79. The molecule has 1 aliphatic rings. The molecular formula is C15H21BrN2O2. The van der Waals surface area contributed by atoms with Crippen molar-refractivity contribution in [2.24, 2.45) is 5.92 Å². The maximum absolute atomic E-state index is 11.0. The van der Waals surface area contributed by atoms with Crippen molar-refractivity contribution in [3.8, 4) is 0 Å².